The lowest BCUT2D eigenvalue weighted by atomic mass is 9.83. The molecule has 0 aromatic carbocycles. The van der Waals surface area contributed by atoms with Gasteiger partial charge < -0.3 is 5.73 Å². The summed E-state index contributed by atoms with van der Waals surface area (Å²) in [6, 6.07) is 0.259. The molecule has 0 spiro atoms. The van der Waals surface area contributed by atoms with Crippen molar-refractivity contribution in [1.29, 1.82) is 0 Å². The zero-order valence-electron chi connectivity index (χ0n) is 8.84. The van der Waals surface area contributed by atoms with E-state index in [2.05, 4.69) is 25.7 Å². The van der Waals surface area contributed by atoms with E-state index in [1.165, 1.54) is 12.8 Å². The highest BCUT2D eigenvalue weighted by molar-refractivity contribution is 7.80. The van der Waals surface area contributed by atoms with Crippen LogP contribution in [0.4, 0.5) is 0 Å². The van der Waals surface area contributed by atoms with E-state index in [1.807, 2.05) is 0 Å². The van der Waals surface area contributed by atoms with Crippen LogP contribution < -0.4 is 5.73 Å². The Balaban J connectivity index is 2.56. The molecule has 0 radical (unpaired) electrons. The van der Waals surface area contributed by atoms with E-state index < -0.39 is 0 Å². The van der Waals surface area contributed by atoms with Gasteiger partial charge in [0.2, 0.25) is 0 Å². The Labute approximate surface area is 86.5 Å². The van der Waals surface area contributed by atoms with Gasteiger partial charge in [0.25, 0.3) is 0 Å². The molecule has 0 bridgehead atoms. The van der Waals surface area contributed by atoms with Crippen LogP contribution in [0.2, 0.25) is 0 Å². The predicted molar refractivity (Wildman–Crippen MR) is 60.8 cm³/mol. The minimum atomic E-state index is 0.259. The molecule has 1 rings (SSSR count). The third-order valence-corrected chi connectivity index (χ3v) is 3.23. The molecule has 0 aromatic heterocycles. The molecule has 76 valence electrons. The molecule has 1 aliphatic rings. The number of hydrogen-bond donors (Lipinski definition) is 1. The maximum Gasteiger partial charge on any atom is 0.0899 e. The monoisotopic (exact) mass is 200 g/mol. The third-order valence-electron chi connectivity index (χ3n) is 2.89. The van der Waals surface area contributed by atoms with E-state index in [4.69, 9.17) is 18.0 Å². The van der Waals surface area contributed by atoms with Crippen molar-refractivity contribution < 1.29 is 0 Å². The van der Waals surface area contributed by atoms with Gasteiger partial charge >= 0.3 is 0 Å². The van der Waals surface area contributed by atoms with Crippen LogP contribution in [-0.2, 0) is 0 Å². The number of nitrogens with two attached hydrogens (primary N) is 1. The van der Waals surface area contributed by atoms with Crippen molar-refractivity contribution in [3.05, 3.63) is 0 Å². The van der Waals surface area contributed by atoms with Gasteiger partial charge in [0.05, 0.1) is 11.0 Å². The molecule has 0 aliphatic carbocycles. The lowest BCUT2D eigenvalue weighted by Gasteiger charge is -2.40. The Hall–Kier alpha value is -0.150. The number of hydrogen-bond acceptors (Lipinski definition) is 2. The quantitative estimate of drug-likeness (QED) is 0.689. The van der Waals surface area contributed by atoms with Crippen molar-refractivity contribution in [3.63, 3.8) is 0 Å². The molecule has 3 heteroatoms. The van der Waals surface area contributed by atoms with Gasteiger partial charge in [-0.3, -0.25) is 4.90 Å². The summed E-state index contributed by atoms with van der Waals surface area (Å²) in [5.74, 6) is 0. The molecular formula is C10H20N2S. The Kier molecular flexibility index (Phi) is 3.30. The largest absolute Gasteiger partial charge is 0.392 e. The second-order valence-electron chi connectivity index (χ2n) is 4.82. The maximum atomic E-state index is 5.65. The van der Waals surface area contributed by atoms with Crippen molar-refractivity contribution in [2.45, 2.75) is 39.7 Å². The van der Waals surface area contributed by atoms with Gasteiger partial charge in [-0.25, -0.2) is 0 Å². The first-order valence-corrected chi connectivity index (χ1v) is 5.36. The van der Waals surface area contributed by atoms with Crippen LogP contribution in [0.25, 0.3) is 0 Å². The van der Waals surface area contributed by atoms with Crippen molar-refractivity contribution >= 4 is 17.2 Å². The standard InChI is InChI=1S/C10H20N2S/c1-8(9(11)13)12-6-4-5-10(2,3)7-12/h8H,4-7H2,1-3H3,(H2,11,13). The van der Waals surface area contributed by atoms with Gasteiger partial charge in [-0.1, -0.05) is 26.1 Å². The summed E-state index contributed by atoms with van der Waals surface area (Å²) in [6.07, 6.45) is 2.58. The molecule has 1 unspecified atom stereocenters. The topological polar surface area (TPSA) is 29.3 Å². The SMILES string of the molecule is CC(C(N)=S)N1CCCC(C)(C)C1. The van der Waals surface area contributed by atoms with E-state index in [1.54, 1.807) is 0 Å². The van der Waals surface area contributed by atoms with Crippen molar-refractivity contribution in [2.24, 2.45) is 11.1 Å². The first kappa shape index (κ1) is 10.9. The average Bonchev–Trinajstić information content (AvgIpc) is 2.01. The lowest BCUT2D eigenvalue weighted by molar-refractivity contribution is 0.107. The molecule has 2 nitrogen and oxygen atoms in total. The summed E-state index contributed by atoms with van der Waals surface area (Å²) in [4.78, 5) is 3.02. The number of piperidine rings is 1. The minimum Gasteiger partial charge on any atom is -0.392 e. The average molecular weight is 200 g/mol. The Morgan fingerprint density at radius 3 is 2.62 bits per heavy atom. The Morgan fingerprint density at radius 2 is 2.15 bits per heavy atom. The van der Waals surface area contributed by atoms with Crippen LogP contribution in [-0.4, -0.2) is 29.0 Å². The van der Waals surface area contributed by atoms with Crippen molar-refractivity contribution in [2.75, 3.05) is 13.1 Å². The van der Waals surface area contributed by atoms with Crippen molar-refractivity contribution in [1.82, 2.24) is 4.90 Å². The molecule has 0 saturated carbocycles. The molecule has 0 amide bonds. The van der Waals surface area contributed by atoms with Crippen LogP contribution >= 0.6 is 12.2 Å². The Bertz CT molecular complexity index is 201. The van der Waals surface area contributed by atoms with Crippen LogP contribution in [0.3, 0.4) is 0 Å². The zero-order chi connectivity index (χ0) is 10.1. The van der Waals surface area contributed by atoms with Gasteiger partial charge in [-0.2, -0.15) is 0 Å². The fourth-order valence-corrected chi connectivity index (χ4v) is 2.13. The number of nitrogens with zero attached hydrogens (tertiary/aromatic N) is 1. The summed E-state index contributed by atoms with van der Waals surface area (Å²) in [7, 11) is 0. The van der Waals surface area contributed by atoms with Crippen LogP contribution in [0.15, 0.2) is 0 Å². The van der Waals surface area contributed by atoms with Crippen molar-refractivity contribution in [3.8, 4) is 0 Å². The number of likely N-dealkylation sites (tertiary alicyclic amines) is 1. The molecule has 13 heavy (non-hydrogen) atoms. The zero-order valence-corrected chi connectivity index (χ0v) is 9.66. The molecule has 1 aliphatic heterocycles. The molecule has 1 heterocycles. The normalized spacial score (nSPS) is 25.5. The molecular weight excluding hydrogens is 180 g/mol. The third kappa shape index (κ3) is 2.92. The second-order valence-corrected chi connectivity index (χ2v) is 5.29. The molecule has 1 saturated heterocycles. The van der Waals surface area contributed by atoms with Gasteiger partial charge in [-0.05, 0) is 31.7 Å². The van der Waals surface area contributed by atoms with Crippen LogP contribution in [0.5, 0.6) is 0 Å². The fraction of sp³-hybridized carbons (Fsp3) is 0.900. The number of thiocarbonyl (C=S) groups is 1. The summed E-state index contributed by atoms with van der Waals surface area (Å²) < 4.78 is 0. The highest BCUT2D eigenvalue weighted by Gasteiger charge is 2.29. The lowest BCUT2D eigenvalue weighted by Crippen LogP contribution is -2.49. The van der Waals surface area contributed by atoms with Crippen LogP contribution in [0.1, 0.15) is 33.6 Å². The molecule has 1 fully saturated rings. The number of rotatable bonds is 2. The summed E-state index contributed by atoms with van der Waals surface area (Å²) in [5, 5.41) is 0. The van der Waals surface area contributed by atoms with Crippen LogP contribution in [0, 0.1) is 5.41 Å². The highest BCUT2D eigenvalue weighted by Crippen LogP contribution is 2.29. The van der Waals surface area contributed by atoms with Gasteiger partial charge in [0.1, 0.15) is 0 Å². The maximum absolute atomic E-state index is 5.65. The summed E-state index contributed by atoms with van der Waals surface area (Å²) in [5.41, 5.74) is 6.07. The first-order valence-electron chi connectivity index (χ1n) is 4.96. The van der Waals surface area contributed by atoms with E-state index in [9.17, 15) is 0 Å². The molecule has 1 atom stereocenters. The summed E-state index contributed by atoms with van der Waals surface area (Å²) in [6.45, 7) is 8.98. The minimum absolute atomic E-state index is 0.259. The molecule has 2 N–H and O–H groups in total. The smallest absolute Gasteiger partial charge is 0.0899 e. The highest BCUT2D eigenvalue weighted by atomic mass is 32.1. The van der Waals surface area contributed by atoms with Gasteiger partial charge in [-0.15, -0.1) is 0 Å². The van der Waals surface area contributed by atoms with Gasteiger partial charge in [0, 0.05) is 6.54 Å². The first-order chi connectivity index (χ1) is 5.92. The summed E-state index contributed by atoms with van der Waals surface area (Å²) >= 11 is 5.01. The Morgan fingerprint density at radius 1 is 1.54 bits per heavy atom. The fourth-order valence-electron chi connectivity index (χ4n) is 1.98. The van der Waals surface area contributed by atoms with E-state index in [0.717, 1.165) is 13.1 Å². The molecule has 0 aromatic rings. The van der Waals surface area contributed by atoms with E-state index >= 15 is 0 Å². The van der Waals surface area contributed by atoms with Gasteiger partial charge in [0.15, 0.2) is 0 Å². The van der Waals surface area contributed by atoms with E-state index in [0.29, 0.717) is 10.4 Å². The predicted octanol–water partition coefficient (Wildman–Crippen LogP) is 1.78. The second kappa shape index (κ2) is 3.93. The van der Waals surface area contributed by atoms with E-state index in [-0.39, 0.29) is 6.04 Å².